The molecule has 3 fully saturated rings. The minimum absolute atomic E-state index is 0.0168. The summed E-state index contributed by atoms with van der Waals surface area (Å²) >= 11 is 0. The zero-order chi connectivity index (χ0) is 14.8. The number of carbonyl (C=O) groups is 1. The van der Waals surface area contributed by atoms with E-state index < -0.39 is 0 Å². The van der Waals surface area contributed by atoms with E-state index in [4.69, 9.17) is 0 Å². The van der Waals surface area contributed by atoms with E-state index in [2.05, 4.69) is 19.9 Å². The number of aliphatic hydroxyl groups is 1. The van der Waals surface area contributed by atoms with Crippen molar-refractivity contribution >= 4 is 5.78 Å². The van der Waals surface area contributed by atoms with Crippen LogP contribution in [0.3, 0.4) is 0 Å². The van der Waals surface area contributed by atoms with E-state index in [9.17, 15) is 9.90 Å². The fourth-order valence-electron chi connectivity index (χ4n) is 6.41. The van der Waals surface area contributed by atoms with Crippen LogP contribution >= 0.6 is 0 Å². The summed E-state index contributed by atoms with van der Waals surface area (Å²) in [4.78, 5) is 12.4. The van der Waals surface area contributed by atoms with E-state index in [0.29, 0.717) is 23.0 Å². The smallest absolute Gasteiger partial charge is 0.139 e. The maximum atomic E-state index is 12.4. The lowest BCUT2D eigenvalue weighted by molar-refractivity contribution is -0.132. The van der Waals surface area contributed by atoms with Crippen molar-refractivity contribution in [2.24, 2.45) is 28.6 Å². The minimum Gasteiger partial charge on any atom is -0.393 e. The first-order valence-electron chi connectivity index (χ1n) is 8.86. The Labute approximate surface area is 128 Å². The Morgan fingerprint density at radius 2 is 1.81 bits per heavy atom. The zero-order valence-corrected chi connectivity index (χ0v) is 13.4. The molecule has 6 atom stereocenters. The first-order valence-corrected chi connectivity index (χ1v) is 8.86. The van der Waals surface area contributed by atoms with Gasteiger partial charge in [-0.1, -0.05) is 25.5 Å². The second kappa shape index (κ2) is 4.44. The van der Waals surface area contributed by atoms with E-state index in [1.54, 1.807) is 0 Å². The molecule has 0 bridgehead atoms. The monoisotopic (exact) mass is 288 g/mol. The van der Waals surface area contributed by atoms with Gasteiger partial charge < -0.3 is 5.11 Å². The predicted octanol–water partition coefficient (Wildman–Crippen LogP) is 3.88. The summed E-state index contributed by atoms with van der Waals surface area (Å²) in [6.07, 6.45) is 10.7. The van der Waals surface area contributed by atoms with Crippen molar-refractivity contribution in [2.45, 2.75) is 71.3 Å². The van der Waals surface area contributed by atoms with Crippen molar-refractivity contribution in [3.8, 4) is 0 Å². The van der Waals surface area contributed by atoms with Crippen molar-refractivity contribution in [3.05, 3.63) is 11.6 Å². The van der Waals surface area contributed by atoms with Crippen LogP contribution < -0.4 is 0 Å². The molecule has 4 aliphatic rings. The average Bonchev–Trinajstić information content (AvgIpc) is 2.76. The summed E-state index contributed by atoms with van der Waals surface area (Å²) in [5, 5.41) is 10.00. The molecule has 116 valence electrons. The van der Waals surface area contributed by atoms with Crippen LogP contribution in [0, 0.1) is 28.6 Å². The molecular formula is C19H28O2. The summed E-state index contributed by atoms with van der Waals surface area (Å²) in [6.45, 7) is 4.69. The summed E-state index contributed by atoms with van der Waals surface area (Å²) in [5.41, 5.74) is 1.81. The Balaban J connectivity index is 1.69. The third kappa shape index (κ3) is 1.78. The topological polar surface area (TPSA) is 37.3 Å². The van der Waals surface area contributed by atoms with Gasteiger partial charge in [-0.15, -0.1) is 0 Å². The normalized spacial score (nSPS) is 52.7. The van der Waals surface area contributed by atoms with Gasteiger partial charge in [-0.25, -0.2) is 0 Å². The van der Waals surface area contributed by atoms with Crippen LogP contribution in [0.2, 0.25) is 0 Å². The van der Waals surface area contributed by atoms with Gasteiger partial charge in [0, 0.05) is 11.8 Å². The second-order valence-corrected chi connectivity index (χ2v) is 8.57. The predicted molar refractivity (Wildman–Crippen MR) is 82.7 cm³/mol. The molecule has 3 saturated carbocycles. The number of ketones is 1. The van der Waals surface area contributed by atoms with Crippen LogP contribution in [-0.4, -0.2) is 17.0 Å². The highest BCUT2D eigenvalue weighted by atomic mass is 16.3. The largest absolute Gasteiger partial charge is 0.393 e. The van der Waals surface area contributed by atoms with Gasteiger partial charge >= 0.3 is 0 Å². The van der Waals surface area contributed by atoms with Crippen LogP contribution in [0.4, 0.5) is 0 Å². The number of fused-ring (bicyclic) bond motifs is 5. The molecule has 2 heteroatoms. The quantitative estimate of drug-likeness (QED) is 0.687. The van der Waals surface area contributed by atoms with Gasteiger partial charge in [0.1, 0.15) is 5.78 Å². The van der Waals surface area contributed by atoms with E-state index in [1.165, 1.54) is 12.0 Å². The van der Waals surface area contributed by atoms with E-state index in [0.717, 1.165) is 50.9 Å². The van der Waals surface area contributed by atoms with Gasteiger partial charge in [-0.05, 0) is 68.1 Å². The van der Waals surface area contributed by atoms with Gasteiger partial charge in [-0.2, -0.15) is 0 Å². The van der Waals surface area contributed by atoms with Crippen molar-refractivity contribution < 1.29 is 9.90 Å². The van der Waals surface area contributed by atoms with Gasteiger partial charge in [0.2, 0.25) is 0 Å². The lowest BCUT2D eigenvalue weighted by Gasteiger charge is -2.56. The van der Waals surface area contributed by atoms with Gasteiger partial charge in [0.25, 0.3) is 0 Å². The zero-order valence-electron chi connectivity index (χ0n) is 13.4. The standard InChI is InChI=1S/C19H28O2/c1-18-9-7-13(20)11-12(18)3-4-14-15-5-6-17(21)19(15,2)10-8-16(14)18/h3,13-16,20H,4-11H2,1-2H3/t13-,14+,15+,16?,18?,19?/m1/s1. The summed E-state index contributed by atoms with van der Waals surface area (Å²) in [6, 6.07) is 0. The van der Waals surface area contributed by atoms with Crippen molar-refractivity contribution in [3.63, 3.8) is 0 Å². The molecule has 0 aliphatic heterocycles. The maximum absolute atomic E-state index is 12.4. The van der Waals surface area contributed by atoms with Crippen molar-refractivity contribution in [1.82, 2.24) is 0 Å². The highest BCUT2D eigenvalue weighted by Crippen LogP contribution is 2.63. The molecule has 3 unspecified atom stereocenters. The molecule has 0 saturated heterocycles. The average molecular weight is 288 g/mol. The van der Waals surface area contributed by atoms with Crippen LogP contribution in [0.15, 0.2) is 11.6 Å². The molecule has 21 heavy (non-hydrogen) atoms. The van der Waals surface area contributed by atoms with Gasteiger partial charge in [0.05, 0.1) is 6.10 Å². The fraction of sp³-hybridized carbons (Fsp3) is 0.842. The Bertz CT molecular complexity index is 508. The Morgan fingerprint density at radius 3 is 2.62 bits per heavy atom. The minimum atomic E-state index is -0.122. The SMILES string of the molecule is CC12CC[C@@H](O)CC1=CC[C@@H]1C2CCC2(C)C(=O)CC[C@@H]12. The first-order chi connectivity index (χ1) is 9.95. The van der Waals surface area contributed by atoms with E-state index in [1.807, 2.05) is 0 Å². The highest BCUT2D eigenvalue weighted by Gasteiger charge is 2.58. The van der Waals surface area contributed by atoms with Gasteiger partial charge in [-0.3, -0.25) is 4.79 Å². The van der Waals surface area contributed by atoms with Crippen molar-refractivity contribution in [2.75, 3.05) is 0 Å². The summed E-state index contributed by atoms with van der Waals surface area (Å²) < 4.78 is 0. The van der Waals surface area contributed by atoms with Crippen LogP contribution in [0.5, 0.6) is 0 Å². The molecule has 0 radical (unpaired) electrons. The molecule has 0 heterocycles. The summed E-state index contributed by atoms with van der Waals surface area (Å²) in [5.74, 6) is 2.60. The summed E-state index contributed by atoms with van der Waals surface area (Å²) in [7, 11) is 0. The third-order valence-electron chi connectivity index (χ3n) is 7.79. The molecular weight excluding hydrogens is 260 g/mol. The number of aliphatic hydroxyl groups excluding tert-OH is 1. The lowest BCUT2D eigenvalue weighted by atomic mass is 9.48. The number of rotatable bonds is 0. The van der Waals surface area contributed by atoms with Crippen LogP contribution in [0.1, 0.15) is 65.2 Å². The molecule has 0 spiro atoms. The first kappa shape index (κ1) is 14.0. The Morgan fingerprint density at radius 1 is 1.10 bits per heavy atom. The Kier molecular flexibility index (Phi) is 2.96. The number of hydrogen-bond acceptors (Lipinski definition) is 2. The fourth-order valence-corrected chi connectivity index (χ4v) is 6.41. The van der Waals surface area contributed by atoms with E-state index >= 15 is 0 Å². The maximum Gasteiger partial charge on any atom is 0.139 e. The molecule has 0 aromatic rings. The molecule has 2 nitrogen and oxygen atoms in total. The number of allylic oxidation sites excluding steroid dienone is 1. The highest BCUT2D eigenvalue weighted by molar-refractivity contribution is 5.87. The third-order valence-corrected chi connectivity index (χ3v) is 7.79. The molecule has 0 amide bonds. The number of hydrogen-bond donors (Lipinski definition) is 1. The number of carbonyl (C=O) groups excluding carboxylic acids is 1. The molecule has 0 aromatic heterocycles. The van der Waals surface area contributed by atoms with E-state index in [-0.39, 0.29) is 11.5 Å². The van der Waals surface area contributed by atoms with Crippen LogP contribution in [0.25, 0.3) is 0 Å². The Hall–Kier alpha value is -0.630. The lowest BCUT2D eigenvalue weighted by Crippen LogP contribution is -2.50. The molecule has 1 N–H and O–H groups in total. The molecule has 4 rings (SSSR count). The van der Waals surface area contributed by atoms with Crippen LogP contribution in [-0.2, 0) is 4.79 Å². The molecule has 0 aromatic carbocycles. The number of Topliss-reactive ketones (excluding diaryl/α,β-unsaturated/α-hetero) is 1. The van der Waals surface area contributed by atoms with Crippen molar-refractivity contribution in [1.29, 1.82) is 0 Å². The molecule has 4 aliphatic carbocycles. The second-order valence-electron chi connectivity index (χ2n) is 8.57. The van der Waals surface area contributed by atoms with Gasteiger partial charge in [0.15, 0.2) is 0 Å².